The number of carboxylic acid groups (broad SMARTS) is 1. The van der Waals surface area contributed by atoms with Crippen LogP contribution in [0.5, 0.6) is 0 Å². The number of benzene rings is 1. The van der Waals surface area contributed by atoms with Crippen molar-refractivity contribution >= 4 is 23.4 Å². The number of amides is 1. The second kappa shape index (κ2) is 6.15. The normalized spacial score (nSPS) is 10.5. The van der Waals surface area contributed by atoms with Crippen molar-refractivity contribution in [2.24, 2.45) is 5.11 Å². The van der Waals surface area contributed by atoms with Gasteiger partial charge in [0.1, 0.15) is 5.60 Å². The number of azide groups is 1. The molecule has 0 fully saturated rings. The van der Waals surface area contributed by atoms with E-state index < -0.39 is 17.7 Å². The molecule has 0 spiro atoms. The van der Waals surface area contributed by atoms with Crippen LogP contribution < -0.4 is 5.32 Å². The second-order valence-corrected chi connectivity index (χ2v) is 5.29. The molecule has 0 atom stereocenters. The summed E-state index contributed by atoms with van der Waals surface area (Å²) in [4.78, 5) is 25.5. The van der Waals surface area contributed by atoms with Gasteiger partial charge in [-0.15, -0.1) is 0 Å². The summed E-state index contributed by atoms with van der Waals surface area (Å²) in [6, 6.07) is 2.66. The predicted molar refractivity (Wildman–Crippen MR) is 76.8 cm³/mol. The zero-order valence-corrected chi connectivity index (χ0v) is 12.2. The highest BCUT2D eigenvalue weighted by atomic mass is 16.6. The van der Waals surface area contributed by atoms with Crippen LogP contribution in [-0.2, 0) is 4.74 Å². The number of carbonyl (C=O) groups is 2. The number of anilines is 1. The lowest BCUT2D eigenvalue weighted by molar-refractivity contribution is 0.0632. The number of hydrogen-bond acceptors (Lipinski definition) is 4. The van der Waals surface area contributed by atoms with E-state index in [9.17, 15) is 9.59 Å². The molecule has 0 aromatic heterocycles. The maximum absolute atomic E-state index is 11.7. The Balaban J connectivity index is 3.16. The van der Waals surface area contributed by atoms with Crippen LogP contribution in [0.25, 0.3) is 10.4 Å². The minimum atomic E-state index is -1.19. The first-order valence-electron chi connectivity index (χ1n) is 6.07. The van der Waals surface area contributed by atoms with E-state index >= 15 is 0 Å². The summed E-state index contributed by atoms with van der Waals surface area (Å²) in [7, 11) is 0. The van der Waals surface area contributed by atoms with Gasteiger partial charge in [0, 0.05) is 16.3 Å². The van der Waals surface area contributed by atoms with Crippen molar-refractivity contribution < 1.29 is 19.4 Å². The van der Waals surface area contributed by atoms with E-state index in [4.69, 9.17) is 15.4 Å². The lowest BCUT2D eigenvalue weighted by Crippen LogP contribution is -2.27. The van der Waals surface area contributed by atoms with Crippen LogP contribution in [0.2, 0.25) is 0 Å². The Labute approximate surface area is 121 Å². The highest BCUT2D eigenvalue weighted by Gasteiger charge is 2.18. The van der Waals surface area contributed by atoms with Gasteiger partial charge >= 0.3 is 12.1 Å². The van der Waals surface area contributed by atoms with Gasteiger partial charge in [-0.1, -0.05) is 5.11 Å². The van der Waals surface area contributed by atoms with Crippen LogP contribution >= 0.6 is 0 Å². The van der Waals surface area contributed by atoms with Gasteiger partial charge in [-0.3, -0.25) is 5.32 Å². The molecule has 1 amide bonds. The zero-order valence-electron chi connectivity index (χ0n) is 12.2. The standard InChI is InChI=1S/C13H16N4O4/c1-7-9(11(18)19)5-8(6-10(7)16-17-14)15-12(20)21-13(2,3)4/h5-6H,1-4H3,(H,15,20)(H,18,19). The molecule has 0 unspecified atom stereocenters. The first-order valence-corrected chi connectivity index (χ1v) is 6.07. The van der Waals surface area contributed by atoms with Crippen LogP contribution in [0.3, 0.4) is 0 Å². The van der Waals surface area contributed by atoms with Crippen LogP contribution in [0, 0.1) is 6.92 Å². The topological polar surface area (TPSA) is 124 Å². The Bertz CT molecular complexity index is 605. The Morgan fingerprint density at radius 3 is 2.48 bits per heavy atom. The van der Waals surface area contributed by atoms with Crippen molar-refractivity contribution in [1.82, 2.24) is 0 Å². The largest absolute Gasteiger partial charge is 0.478 e. The molecule has 0 aliphatic heterocycles. The SMILES string of the molecule is Cc1c(N=[N+]=[N-])cc(NC(=O)OC(C)(C)C)cc1C(=O)O. The Kier molecular flexibility index (Phi) is 4.78. The van der Waals surface area contributed by atoms with Crippen molar-refractivity contribution in [2.45, 2.75) is 33.3 Å². The van der Waals surface area contributed by atoms with Gasteiger partial charge in [0.25, 0.3) is 0 Å². The number of ether oxygens (including phenoxy) is 1. The van der Waals surface area contributed by atoms with Crippen molar-refractivity contribution in [3.8, 4) is 0 Å². The van der Waals surface area contributed by atoms with Gasteiger partial charge in [-0.05, 0) is 50.9 Å². The van der Waals surface area contributed by atoms with Gasteiger partial charge in [0.2, 0.25) is 0 Å². The molecule has 1 aromatic carbocycles. The molecular weight excluding hydrogens is 276 g/mol. The number of carbonyl (C=O) groups excluding carboxylic acids is 1. The van der Waals surface area contributed by atoms with Crippen molar-refractivity contribution in [2.75, 3.05) is 5.32 Å². The fourth-order valence-corrected chi connectivity index (χ4v) is 1.57. The average molecular weight is 292 g/mol. The molecule has 0 saturated heterocycles. The minimum absolute atomic E-state index is 0.0639. The highest BCUT2D eigenvalue weighted by Crippen LogP contribution is 2.28. The maximum Gasteiger partial charge on any atom is 0.412 e. The molecule has 8 nitrogen and oxygen atoms in total. The molecule has 1 rings (SSSR count). The summed E-state index contributed by atoms with van der Waals surface area (Å²) in [5.74, 6) is -1.19. The maximum atomic E-state index is 11.7. The Morgan fingerprint density at radius 1 is 1.38 bits per heavy atom. The number of carboxylic acids is 1. The van der Waals surface area contributed by atoms with E-state index in [0.29, 0.717) is 5.56 Å². The number of rotatable bonds is 3. The van der Waals surface area contributed by atoms with Gasteiger partial charge in [0.05, 0.1) is 5.56 Å². The quantitative estimate of drug-likeness (QED) is 0.496. The fraction of sp³-hybridized carbons (Fsp3) is 0.385. The van der Waals surface area contributed by atoms with Crippen molar-refractivity contribution in [1.29, 1.82) is 0 Å². The van der Waals surface area contributed by atoms with E-state index in [1.54, 1.807) is 20.8 Å². The fourth-order valence-electron chi connectivity index (χ4n) is 1.57. The van der Waals surface area contributed by atoms with E-state index in [1.807, 2.05) is 0 Å². The summed E-state index contributed by atoms with van der Waals surface area (Å²) >= 11 is 0. The summed E-state index contributed by atoms with van der Waals surface area (Å²) in [6.07, 6.45) is -0.727. The predicted octanol–water partition coefficient (Wildman–Crippen LogP) is 3.98. The first-order chi connectivity index (χ1) is 9.64. The number of nitrogens with one attached hydrogen (secondary N) is 1. The number of hydrogen-bond donors (Lipinski definition) is 2. The Hall–Kier alpha value is -2.73. The van der Waals surface area contributed by atoms with E-state index in [-0.39, 0.29) is 16.9 Å². The second-order valence-electron chi connectivity index (χ2n) is 5.29. The molecule has 0 aliphatic carbocycles. The minimum Gasteiger partial charge on any atom is -0.478 e. The average Bonchev–Trinajstić information content (AvgIpc) is 2.30. The van der Waals surface area contributed by atoms with Crippen molar-refractivity contribution in [3.63, 3.8) is 0 Å². The number of nitrogens with zero attached hydrogens (tertiary/aromatic N) is 3. The van der Waals surface area contributed by atoms with Gasteiger partial charge < -0.3 is 9.84 Å². The van der Waals surface area contributed by atoms with E-state index in [0.717, 1.165) is 0 Å². The summed E-state index contributed by atoms with van der Waals surface area (Å²) in [5, 5.41) is 15.0. The van der Waals surface area contributed by atoms with Crippen LogP contribution in [-0.4, -0.2) is 22.8 Å². The molecule has 112 valence electrons. The molecule has 0 radical (unpaired) electrons. The molecule has 1 aromatic rings. The molecule has 2 N–H and O–H groups in total. The lowest BCUT2D eigenvalue weighted by atomic mass is 10.1. The van der Waals surface area contributed by atoms with E-state index in [2.05, 4.69) is 15.3 Å². The van der Waals surface area contributed by atoms with Crippen LogP contribution in [0.4, 0.5) is 16.2 Å². The van der Waals surface area contributed by atoms with E-state index in [1.165, 1.54) is 19.1 Å². The first kappa shape index (κ1) is 16.3. The zero-order chi connectivity index (χ0) is 16.2. The van der Waals surface area contributed by atoms with Crippen molar-refractivity contribution in [3.05, 3.63) is 33.7 Å². The van der Waals surface area contributed by atoms with Crippen LogP contribution in [0.15, 0.2) is 17.2 Å². The molecular formula is C13H16N4O4. The molecule has 0 heterocycles. The summed E-state index contributed by atoms with van der Waals surface area (Å²) in [5.41, 5.74) is 8.37. The van der Waals surface area contributed by atoms with Gasteiger partial charge in [-0.25, -0.2) is 9.59 Å². The monoisotopic (exact) mass is 292 g/mol. The molecule has 8 heteroatoms. The van der Waals surface area contributed by atoms with Gasteiger partial charge in [0.15, 0.2) is 0 Å². The third kappa shape index (κ3) is 4.70. The lowest BCUT2D eigenvalue weighted by Gasteiger charge is -2.20. The number of aromatic carboxylic acids is 1. The third-order valence-electron chi connectivity index (χ3n) is 2.41. The Morgan fingerprint density at radius 2 is 2.00 bits per heavy atom. The smallest absolute Gasteiger partial charge is 0.412 e. The summed E-state index contributed by atoms with van der Waals surface area (Å²) in [6.45, 7) is 6.63. The molecule has 0 aliphatic rings. The third-order valence-corrected chi connectivity index (χ3v) is 2.41. The molecule has 0 saturated carbocycles. The highest BCUT2D eigenvalue weighted by molar-refractivity contribution is 5.94. The molecule has 21 heavy (non-hydrogen) atoms. The van der Waals surface area contributed by atoms with Crippen LogP contribution in [0.1, 0.15) is 36.7 Å². The van der Waals surface area contributed by atoms with Gasteiger partial charge in [-0.2, -0.15) is 0 Å². The summed E-state index contributed by atoms with van der Waals surface area (Å²) < 4.78 is 5.07. The molecule has 0 bridgehead atoms.